The van der Waals surface area contributed by atoms with E-state index in [1.807, 2.05) is 30.0 Å². The topological polar surface area (TPSA) is 38.3 Å². The van der Waals surface area contributed by atoms with Crippen molar-refractivity contribution in [3.63, 3.8) is 0 Å². The van der Waals surface area contributed by atoms with Gasteiger partial charge in [-0.1, -0.05) is 24.3 Å². The van der Waals surface area contributed by atoms with Gasteiger partial charge in [-0.05, 0) is 41.5 Å². The van der Waals surface area contributed by atoms with E-state index in [4.69, 9.17) is 4.74 Å². The van der Waals surface area contributed by atoms with E-state index in [-0.39, 0.29) is 5.97 Å². The van der Waals surface area contributed by atoms with E-state index in [9.17, 15) is 4.79 Å². The van der Waals surface area contributed by atoms with Crippen LogP contribution in [0.15, 0.2) is 24.3 Å². The van der Waals surface area contributed by atoms with Crippen molar-refractivity contribution in [2.75, 3.05) is 25.2 Å². The first kappa shape index (κ1) is 14.4. The molecule has 2 rings (SSSR count). The summed E-state index contributed by atoms with van der Waals surface area (Å²) in [4.78, 5) is 11.4. The molecule has 19 heavy (non-hydrogen) atoms. The minimum absolute atomic E-state index is 0.181. The summed E-state index contributed by atoms with van der Waals surface area (Å²) in [5.41, 5.74) is 2.25. The fourth-order valence-corrected chi connectivity index (χ4v) is 3.57. The van der Waals surface area contributed by atoms with Crippen LogP contribution in [-0.4, -0.2) is 31.1 Å². The molecule has 0 aliphatic carbocycles. The summed E-state index contributed by atoms with van der Waals surface area (Å²) in [6.45, 7) is 1.90. The minimum Gasteiger partial charge on any atom is -0.469 e. The summed E-state index contributed by atoms with van der Waals surface area (Å²) >= 11 is 2.04. The van der Waals surface area contributed by atoms with Gasteiger partial charge in [0.2, 0.25) is 0 Å². The number of thioether (sulfide) groups is 1. The van der Waals surface area contributed by atoms with Gasteiger partial charge in [-0.15, -0.1) is 0 Å². The second-order valence-corrected chi connectivity index (χ2v) is 6.03. The number of ether oxygens (including phenoxy) is 1. The average Bonchev–Trinajstić information content (AvgIpc) is 2.94. The number of carbonyl (C=O) groups excluding carboxylic acids is 1. The van der Waals surface area contributed by atoms with Gasteiger partial charge in [0.15, 0.2) is 0 Å². The molecule has 1 unspecified atom stereocenters. The number of rotatable bonds is 6. The molecule has 0 aromatic heterocycles. The minimum atomic E-state index is -0.181. The lowest BCUT2D eigenvalue weighted by Crippen LogP contribution is -2.23. The quantitative estimate of drug-likeness (QED) is 0.811. The van der Waals surface area contributed by atoms with Crippen molar-refractivity contribution in [2.45, 2.75) is 19.4 Å². The Morgan fingerprint density at radius 1 is 1.42 bits per heavy atom. The number of methoxy groups -OCH3 is 1. The molecule has 1 atom stereocenters. The molecule has 1 aromatic carbocycles. The summed E-state index contributed by atoms with van der Waals surface area (Å²) in [6.07, 6.45) is 1.68. The van der Waals surface area contributed by atoms with Crippen molar-refractivity contribution in [2.24, 2.45) is 5.92 Å². The van der Waals surface area contributed by atoms with Crippen molar-refractivity contribution in [3.05, 3.63) is 35.4 Å². The van der Waals surface area contributed by atoms with Gasteiger partial charge in [-0.25, -0.2) is 0 Å². The number of hydrogen-bond acceptors (Lipinski definition) is 4. The zero-order valence-corrected chi connectivity index (χ0v) is 12.2. The maximum absolute atomic E-state index is 11.4. The lowest BCUT2D eigenvalue weighted by molar-refractivity contribution is -0.139. The zero-order valence-electron chi connectivity index (χ0n) is 11.4. The Labute approximate surface area is 119 Å². The first-order chi connectivity index (χ1) is 9.29. The van der Waals surface area contributed by atoms with Gasteiger partial charge in [0.1, 0.15) is 0 Å². The van der Waals surface area contributed by atoms with Gasteiger partial charge in [0.05, 0.1) is 13.5 Å². The molecule has 0 bridgehead atoms. The van der Waals surface area contributed by atoms with E-state index in [1.54, 1.807) is 0 Å². The summed E-state index contributed by atoms with van der Waals surface area (Å²) in [5.74, 6) is 3.19. The Morgan fingerprint density at radius 2 is 2.21 bits per heavy atom. The van der Waals surface area contributed by atoms with Gasteiger partial charge in [-0.2, -0.15) is 11.8 Å². The van der Waals surface area contributed by atoms with Gasteiger partial charge in [0, 0.05) is 6.54 Å². The Bertz CT molecular complexity index is 416. The molecule has 3 nitrogen and oxygen atoms in total. The predicted octanol–water partition coefficient (Wildman–Crippen LogP) is 2.24. The molecule has 104 valence electrons. The third-order valence-corrected chi connectivity index (χ3v) is 4.68. The van der Waals surface area contributed by atoms with Crippen LogP contribution in [-0.2, 0) is 22.5 Å². The van der Waals surface area contributed by atoms with Crippen LogP contribution in [0.25, 0.3) is 0 Å². The van der Waals surface area contributed by atoms with Gasteiger partial charge in [-0.3, -0.25) is 4.79 Å². The van der Waals surface area contributed by atoms with E-state index >= 15 is 0 Å². The summed E-state index contributed by atoms with van der Waals surface area (Å²) in [5, 5.41) is 3.51. The predicted molar refractivity (Wildman–Crippen MR) is 79.3 cm³/mol. The Balaban J connectivity index is 1.86. The van der Waals surface area contributed by atoms with Gasteiger partial charge >= 0.3 is 5.97 Å². The fourth-order valence-electron chi connectivity index (χ4n) is 2.29. The SMILES string of the molecule is COC(=O)Cc1ccccc1CNCC1CCSC1. The summed E-state index contributed by atoms with van der Waals surface area (Å²) in [6, 6.07) is 8.06. The molecule has 1 aliphatic heterocycles. The maximum Gasteiger partial charge on any atom is 0.309 e. The highest BCUT2D eigenvalue weighted by Crippen LogP contribution is 2.22. The summed E-state index contributed by atoms with van der Waals surface area (Å²) in [7, 11) is 1.43. The second-order valence-electron chi connectivity index (χ2n) is 4.88. The molecular formula is C15H21NO2S. The average molecular weight is 279 g/mol. The van der Waals surface area contributed by atoms with Gasteiger partial charge in [0.25, 0.3) is 0 Å². The summed E-state index contributed by atoms with van der Waals surface area (Å²) < 4.78 is 4.73. The third-order valence-electron chi connectivity index (χ3n) is 3.45. The van der Waals surface area contributed by atoms with Crippen LogP contribution in [0.1, 0.15) is 17.5 Å². The van der Waals surface area contributed by atoms with Crippen LogP contribution < -0.4 is 5.32 Å². The number of hydrogen-bond donors (Lipinski definition) is 1. The lowest BCUT2D eigenvalue weighted by atomic mass is 10.0. The van der Waals surface area contributed by atoms with Gasteiger partial charge < -0.3 is 10.1 Å². The Hall–Kier alpha value is -1.00. The van der Waals surface area contributed by atoms with Crippen LogP contribution in [0.4, 0.5) is 0 Å². The molecule has 0 amide bonds. The third kappa shape index (κ3) is 4.55. The second kappa shape index (κ2) is 7.56. The van der Waals surface area contributed by atoms with Crippen molar-refractivity contribution in [1.82, 2.24) is 5.32 Å². The smallest absolute Gasteiger partial charge is 0.309 e. The fraction of sp³-hybridized carbons (Fsp3) is 0.533. The van der Waals surface area contributed by atoms with E-state index in [1.165, 1.54) is 30.6 Å². The molecule has 0 spiro atoms. The van der Waals surface area contributed by atoms with Crippen molar-refractivity contribution in [3.8, 4) is 0 Å². The van der Waals surface area contributed by atoms with Crippen molar-refractivity contribution in [1.29, 1.82) is 0 Å². The molecule has 1 N–H and O–H groups in total. The molecule has 1 heterocycles. The first-order valence-electron chi connectivity index (χ1n) is 6.71. The molecule has 1 aliphatic rings. The van der Waals surface area contributed by atoms with E-state index in [2.05, 4.69) is 11.4 Å². The van der Waals surface area contributed by atoms with Crippen LogP contribution in [0.2, 0.25) is 0 Å². The molecule has 1 aromatic rings. The highest BCUT2D eigenvalue weighted by atomic mass is 32.2. The molecule has 4 heteroatoms. The molecule has 0 radical (unpaired) electrons. The number of esters is 1. The van der Waals surface area contributed by atoms with E-state index in [0.717, 1.165) is 24.6 Å². The van der Waals surface area contributed by atoms with Crippen LogP contribution in [0.5, 0.6) is 0 Å². The zero-order chi connectivity index (χ0) is 13.5. The highest BCUT2D eigenvalue weighted by Gasteiger charge is 2.15. The van der Waals surface area contributed by atoms with E-state index in [0.29, 0.717) is 6.42 Å². The number of carbonyl (C=O) groups is 1. The first-order valence-corrected chi connectivity index (χ1v) is 7.87. The largest absolute Gasteiger partial charge is 0.469 e. The Morgan fingerprint density at radius 3 is 2.89 bits per heavy atom. The van der Waals surface area contributed by atoms with Crippen LogP contribution >= 0.6 is 11.8 Å². The maximum atomic E-state index is 11.4. The monoisotopic (exact) mass is 279 g/mol. The molecule has 1 fully saturated rings. The molecule has 0 saturated carbocycles. The van der Waals surface area contributed by atoms with Crippen molar-refractivity contribution >= 4 is 17.7 Å². The molecular weight excluding hydrogens is 258 g/mol. The van der Waals surface area contributed by atoms with E-state index < -0.39 is 0 Å². The van der Waals surface area contributed by atoms with Crippen LogP contribution in [0, 0.1) is 5.92 Å². The van der Waals surface area contributed by atoms with Crippen LogP contribution in [0.3, 0.4) is 0 Å². The number of nitrogens with one attached hydrogen (secondary N) is 1. The standard InChI is InChI=1S/C15H21NO2S/c1-18-15(17)8-13-4-2-3-5-14(13)10-16-9-12-6-7-19-11-12/h2-5,12,16H,6-11H2,1H3. The molecule has 1 saturated heterocycles. The normalized spacial score (nSPS) is 18.5. The van der Waals surface area contributed by atoms with Crippen molar-refractivity contribution < 1.29 is 9.53 Å². The lowest BCUT2D eigenvalue weighted by Gasteiger charge is -2.12. The number of benzene rings is 1. The Kier molecular flexibility index (Phi) is 5.73. The highest BCUT2D eigenvalue weighted by molar-refractivity contribution is 7.99.